The molecule has 4 rings (SSSR count). The molecular formula is C23H28ClN5O3. The van der Waals surface area contributed by atoms with Crippen molar-refractivity contribution in [3.05, 3.63) is 40.5 Å². The monoisotopic (exact) mass is 457 g/mol. The Labute approximate surface area is 192 Å². The van der Waals surface area contributed by atoms with Crippen molar-refractivity contribution in [1.82, 2.24) is 14.9 Å². The summed E-state index contributed by atoms with van der Waals surface area (Å²) in [6.45, 7) is 7.46. The summed E-state index contributed by atoms with van der Waals surface area (Å²) in [6, 6.07) is 5.09. The van der Waals surface area contributed by atoms with Crippen molar-refractivity contribution in [1.29, 1.82) is 0 Å². The Morgan fingerprint density at radius 2 is 2.03 bits per heavy atom. The summed E-state index contributed by atoms with van der Waals surface area (Å²) in [7, 11) is 0. The van der Waals surface area contributed by atoms with E-state index < -0.39 is 17.4 Å². The first kappa shape index (κ1) is 22.5. The highest BCUT2D eigenvalue weighted by Crippen LogP contribution is 2.35. The van der Waals surface area contributed by atoms with Gasteiger partial charge in [-0.05, 0) is 29.9 Å². The van der Waals surface area contributed by atoms with Gasteiger partial charge >= 0.3 is 0 Å². The van der Waals surface area contributed by atoms with Crippen LogP contribution in [-0.4, -0.2) is 52.0 Å². The van der Waals surface area contributed by atoms with E-state index in [0.29, 0.717) is 47.6 Å². The number of nitrogens with zero attached hydrogens (tertiary/aromatic N) is 3. The molecule has 2 aromatic rings. The summed E-state index contributed by atoms with van der Waals surface area (Å²) in [5, 5.41) is 3.74. The van der Waals surface area contributed by atoms with Crippen molar-refractivity contribution in [2.24, 2.45) is 11.1 Å². The lowest BCUT2D eigenvalue weighted by molar-refractivity contribution is -0.125. The van der Waals surface area contributed by atoms with Crippen molar-refractivity contribution in [3.63, 3.8) is 0 Å². The van der Waals surface area contributed by atoms with E-state index in [1.165, 1.54) is 0 Å². The normalized spacial score (nSPS) is 17.9. The van der Waals surface area contributed by atoms with Gasteiger partial charge in [-0.1, -0.05) is 44.5 Å². The molecule has 0 radical (unpaired) electrons. The lowest BCUT2D eigenvalue weighted by Crippen LogP contribution is -2.52. The molecule has 1 fully saturated rings. The van der Waals surface area contributed by atoms with Gasteiger partial charge in [0.15, 0.2) is 0 Å². The van der Waals surface area contributed by atoms with Crippen molar-refractivity contribution < 1.29 is 14.3 Å². The number of nitrogens with one attached hydrogen (secondary N) is 1. The third-order valence-electron chi connectivity index (χ3n) is 5.92. The predicted molar refractivity (Wildman–Crippen MR) is 122 cm³/mol. The topological polar surface area (TPSA) is 110 Å². The number of carbonyl (C=O) groups excluding carboxylic acids is 2. The standard InChI is InChI=1S/C23H28ClN5O3/c1-23(2,3)19(20(25)30)29-12-14-5-4-13(10-16(14)21(29)31)18-17(24)11-26-22(28-18)27-15-6-8-32-9-7-15/h4-5,10-11,15,19H,6-9,12H2,1-3H3,(H2,25,30)(H,26,27,28). The predicted octanol–water partition coefficient (Wildman–Crippen LogP) is 3.24. The van der Waals surface area contributed by atoms with Gasteiger partial charge in [0.1, 0.15) is 6.04 Å². The second-order valence-corrected chi connectivity index (χ2v) is 9.80. The van der Waals surface area contributed by atoms with E-state index in [1.54, 1.807) is 17.2 Å². The zero-order chi connectivity index (χ0) is 23.0. The van der Waals surface area contributed by atoms with Crippen molar-refractivity contribution in [2.75, 3.05) is 18.5 Å². The minimum Gasteiger partial charge on any atom is -0.381 e. The Kier molecular flexibility index (Phi) is 6.09. The number of fused-ring (bicyclic) bond motifs is 1. The van der Waals surface area contributed by atoms with Crippen molar-refractivity contribution in [3.8, 4) is 11.3 Å². The van der Waals surface area contributed by atoms with Gasteiger partial charge in [0.25, 0.3) is 5.91 Å². The number of aromatic nitrogens is 2. The minimum absolute atomic E-state index is 0.216. The maximum atomic E-state index is 13.2. The van der Waals surface area contributed by atoms with Crippen LogP contribution >= 0.6 is 11.6 Å². The van der Waals surface area contributed by atoms with Crippen LogP contribution in [-0.2, 0) is 16.1 Å². The van der Waals surface area contributed by atoms with Crippen LogP contribution in [0.3, 0.4) is 0 Å². The fraction of sp³-hybridized carbons (Fsp3) is 0.478. The minimum atomic E-state index is -0.705. The number of anilines is 1. The smallest absolute Gasteiger partial charge is 0.255 e. The number of amides is 2. The van der Waals surface area contributed by atoms with Crippen LogP contribution in [0.5, 0.6) is 0 Å². The molecule has 1 saturated heterocycles. The molecule has 0 aliphatic carbocycles. The quantitative estimate of drug-likeness (QED) is 0.713. The van der Waals surface area contributed by atoms with Gasteiger partial charge in [-0.2, -0.15) is 0 Å². The molecule has 2 aliphatic rings. The fourth-order valence-corrected chi connectivity index (χ4v) is 4.59. The number of hydrogen-bond donors (Lipinski definition) is 2. The zero-order valence-corrected chi connectivity index (χ0v) is 19.3. The molecule has 2 aliphatic heterocycles. The number of carbonyl (C=O) groups is 2. The molecule has 3 heterocycles. The Morgan fingerprint density at radius 3 is 2.69 bits per heavy atom. The second kappa shape index (κ2) is 8.67. The molecule has 2 amide bonds. The number of ether oxygens (including phenoxy) is 1. The van der Waals surface area contributed by atoms with E-state index >= 15 is 0 Å². The maximum absolute atomic E-state index is 13.2. The lowest BCUT2D eigenvalue weighted by atomic mass is 9.85. The summed E-state index contributed by atoms with van der Waals surface area (Å²) in [4.78, 5) is 35.8. The molecule has 1 aromatic heterocycles. The number of benzene rings is 1. The third-order valence-corrected chi connectivity index (χ3v) is 6.19. The van der Waals surface area contributed by atoms with Crippen LogP contribution in [0, 0.1) is 5.41 Å². The van der Waals surface area contributed by atoms with Gasteiger partial charge in [0.05, 0.1) is 16.9 Å². The van der Waals surface area contributed by atoms with E-state index in [1.807, 2.05) is 32.9 Å². The highest BCUT2D eigenvalue weighted by atomic mass is 35.5. The fourth-order valence-electron chi connectivity index (χ4n) is 4.39. The molecule has 1 aromatic carbocycles. The molecule has 1 atom stereocenters. The Balaban J connectivity index is 1.62. The first-order valence-corrected chi connectivity index (χ1v) is 11.1. The van der Waals surface area contributed by atoms with Gasteiger partial charge in [0.2, 0.25) is 11.9 Å². The number of rotatable bonds is 5. The molecule has 0 spiro atoms. The van der Waals surface area contributed by atoms with Crippen LogP contribution in [0.1, 0.15) is 49.5 Å². The van der Waals surface area contributed by atoms with Gasteiger partial charge in [-0.15, -0.1) is 0 Å². The average molecular weight is 458 g/mol. The largest absolute Gasteiger partial charge is 0.381 e. The van der Waals surface area contributed by atoms with Crippen LogP contribution < -0.4 is 11.1 Å². The number of nitrogens with two attached hydrogens (primary N) is 1. The van der Waals surface area contributed by atoms with Crippen LogP contribution in [0.4, 0.5) is 5.95 Å². The Morgan fingerprint density at radius 1 is 1.31 bits per heavy atom. The molecule has 0 saturated carbocycles. The molecule has 0 bridgehead atoms. The van der Waals surface area contributed by atoms with Crippen molar-refractivity contribution in [2.45, 2.75) is 52.2 Å². The maximum Gasteiger partial charge on any atom is 0.255 e. The highest BCUT2D eigenvalue weighted by Gasteiger charge is 2.41. The summed E-state index contributed by atoms with van der Waals surface area (Å²) in [5.74, 6) is -0.237. The molecule has 32 heavy (non-hydrogen) atoms. The van der Waals surface area contributed by atoms with Gasteiger partial charge in [-0.3, -0.25) is 9.59 Å². The number of halogens is 1. The molecule has 1 unspecified atom stereocenters. The van der Waals surface area contributed by atoms with Crippen LogP contribution in [0.25, 0.3) is 11.3 Å². The average Bonchev–Trinajstić information content (AvgIpc) is 3.04. The summed E-state index contributed by atoms with van der Waals surface area (Å²) < 4.78 is 5.40. The molecular weight excluding hydrogens is 430 g/mol. The first-order valence-electron chi connectivity index (χ1n) is 10.8. The van der Waals surface area contributed by atoms with E-state index in [9.17, 15) is 9.59 Å². The van der Waals surface area contributed by atoms with Gasteiger partial charge in [0, 0.05) is 36.9 Å². The number of hydrogen-bond acceptors (Lipinski definition) is 6. The van der Waals surface area contributed by atoms with E-state index in [-0.39, 0.29) is 11.9 Å². The highest BCUT2D eigenvalue weighted by molar-refractivity contribution is 6.33. The molecule has 3 N–H and O–H groups in total. The summed E-state index contributed by atoms with van der Waals surface area (Å²) >= 11 is 6.41. The lowest BCUT2D eigenvalue weighted by Gasteiger charge is -2.35. The second-order valence-electron chi connectivity index (χ2n) is 9.40. The zero-order valence-electron chi connectivity index (χ0n) is 18.5. The molecule has 170 valence electrons. The SMILES string of the molecule is CC(C)(C)C(C(N)=O)N1Cc2ccc(-c3nc(NC4CCOCC4)ncc3Cl)cc2C1=O. The molecule has 9 heteroatoms. The molecule has 8 nitrogen and oxygen atoms in total. The van der Waals surface area contributed by atoms with E-state index in [2.05, 4.69) is 15.3 Å². The van der Waals surface area contributed by atoms with Crippen LogP contribution in [0.15, 0.2) is 24.4 Å². The van der Waals surface area contributed by atoms with Gasteiger partial charge < -0.3 is 20.7 Å². The number of primary amides is 1. The Bertz CT molecular complexity index is 1050. The van der Waals surface area contributed by atoms with Crippen LogP contribution in [0.2, 0.25) is 5.02 Å². The van der Waals surface area contributed by atoms with E-state index in [4.69, 9.17) is 22.1 Å². The third kappa shape index (κ3) is 4.42. The summed E-state index contributed by atoms with van der Waals surface area (Å²) in [6.07, 6.45) is 3.34. The first-order chi connectivity index (χ1) is 15.1. The Hall–Kier alpha value is -2.71. The van der Waals surface area contributed by atoms with E-state index in [0.717, 1.165) is 18.4 Å². The summed E-state index contributed by atoms with van der Waals surface area (Å²) in [5.41, 5.74) is 7.82. The van der Waals surface area contributed by atoms with Gasteiger partial charge in [-0.25, -0.2) is 9.97 Å². The van der Waals surface area contributed by atoms with Crippen molar-refractivity contribution >= 4 is 29.4 Å².